The number of carbonyl (C=O) groups excluding carboxylic acids is 4. The van der Waals surface area contributed by atoms with Gasteiger partial charge >= 0.3 is 29.9 Å². The van der Waals surface area contributed by atoms with Crippen LogP contribution in [0.2, 0.25) is 0 Å². The summed E-state index contributed by atoms with van der Waals surface area (Å²) in [5.41, 5.74) is 0.0409. The molecule has 2 fully saturated rings. The molecule has 2 aliphatic heterocycles. The first-order valence-electron chi connectivity index (χ1n) is 29.0. The van der Waals surface area contributed by atoms with Gasteiger partial charge in [-0.25, -0.2) is 47.0 Å². The smallest absolute Gasteiger partial charge is 0.418 e. The normalized spacial score (nSPS) is 17.6. The zero-order valence-corrected chi connectivity index (χ0v) is 50.9. The van der Waals surface area contributed by atoms with Crippen molar-refractivity contribution in [3.63, 3.8) is 0 Å². The number of esters is 1. The maximum absolute atomic E-state index is 15.8. The summed E-state index contributed by atoms with van der Waals surface area (Å²) in [6.07, 6.45) is 2.70. The lowest BCUT2D eigenvalue weighted by Crippen LogP contribution is -2.46. The highest BCUT2D eigenvalue weighted by Crippen LogP contribution is 2.42. The largest absolute Gasteiger partial charge is 0.493 e. The first-order valence-corrected chi connectivity index (χ1v) is 29.0. The van der Waals surface area contributed by atoms with Crippen molar-refractivity contribution in [2.24, 2.45) is 5.92 Å². The van der Waals surface area contributed by atoms with Gasteiger partial charge in [0.05, 0.1) is 31.0 Å². The molecule has 26 heteroatoms. The van der Waals surface area contributed by atoms with E-state index in [0.717, 1.165) is 48.5 Å². The standard InChI is InChI=1S/C61H78F2N12O12/c1-11-52(40(2)76)75-57(80)74(38-67-75)47-17-15-45(16-18-47)70-27-29-71(30-28-70)46-19-21-48(22-20-46)82-33-42-32-61(84-34-42,49-23-14-44(62)31-50(49)63)36-73-39-72(37-66-73)41(3)85-58(81)69(10)53-43(13-12-25-64-53)35-83-54(77)51(68-56(79)87-60(7,8)9)24-26-65-55(78)86-59(4,5)6/h12-23,25,31,37-42,51-52,76H,11,24,26-30,32-36H2,1-10H3,(H-,65,68,78,79)/p+1/t40-,41?,42+,51-,52-,61-/m0/s1. The van der Waals surface area contributed by atoms with Crippen LogP contribution in [-0.2, 0) is 47.2 Å². The zero-order valence-electron chi connectivity index (χ0n) is 50.9. The number of benzene rings is 3. The maximum Gasteiger partial charge on any atom is 0.418 e. The highest BCUT2D eigenvalue weighted by molar-refractivity contribution is 5.87. The Bertz CT molecular complexity index is 3370. The van der Waals surface area contributed by atoms with Gasteiger partial charge in [0, 0.05) is 92.5 Å². The Morgan fingerprint density at radius 2 is 1.53 bits per heavy atom. The predicted octanol–water partition coefficient (Wildman–Crippen LogP) is 7.50. The van der Waals surface area contributed by atoms with E-state index in [0.29, 0.717) is 29.8 Å². The Morgan fingerprint density at radius 3 is 2.16 bits per heavy atom. The number of carbonyl (C=O) groups is 4. The number of nitrogens with one attached hydrogen (secondary N) is 2. The predicted molar refractivity (Wildman–Crippen MR) is 315 cm³/mol. The van der Waals surface area contributed by atoms with Crippen molar-refractivity contribution < 1.29 is 66.1 Å². The summed E-state index contributed by atoms with van der Waals surface area (Å²) in [4.78, 5) is 75.5. The molecule has 468 valence electrons. The summed E-state index contributed by atoms with van der Waals surface area (Å²) in [7, 11) is 1.43. The van der Waals surface area contributed by atoms with Crippen LogP contribution in [0.4, 0.5) is 40.4 Å². The fourth-order valence-electron chi connectivity index (χ4n) is 10.3. The molecule has 24 nitrogen and oxygen atoms in total. The van der Waals surface area contributed by atoms with Gasteiger partial charge in [-0.1, -0.05) is 19.1 Å². The van der Waals surface area contributed by atoms with Gasteiger partial charge in [-0.2, -0.15) is 9.67 Å². The number of ether oxygens (including phenoxy) is 6. The van der Waals surface area contributed by atoms with E-state index in [4.69, 9.17) is 28.4 Å². The fourth-order valence-corrected chi connectivity index (χ4v) is 10.3. The number of anilines is 3. The quantitative estimate of drug-likeness (QED) is 0.0338. The molecule has 0 bridgehead atoms. The minimum Gasteiger partial charge on any atom is -0.493 e. The summed E-state index contributed by atoms with van der Waals surface area (Å²) in [6.45, 7) is 18.5. The van der Waals surface area contributed by atoms with E-state index in [-0.39, 0.29) is 62.3 Å². The summed E-state index contributed by atoms with van der Waals surface area (Å²) in [5.74, 6) is -1.80. The third-order valence-corrected chi connectivity index (χ3v) is 14.7. The number of alkyl carbamates (subject to hydrolysis) is 2. The van der Waals surface area contributed by atoms with E-state index < -0.39 is 77.1 Å². The number of hydrogen-bond acceptors (Lipinski definition) is 17. The second-order valence-electron chi connectivity index (χ2n) is 23.7. The van der Waals surface area contributed by atoms with E-state index in [1.54, 1.807) is 73.8 Å². The van der Waals surface area contributed by atoms with Gasteiger partial charge in [0.25, 0.3) is 6.33 Å². The lowest BCUT2D eigenvalue weighted by Gasteiger charge is -2.37. The number of hydrogen-bond donors (Lipinski definition) is 3. The van der Waals surface area contributed by atoms with Gasteiger partial charge in [0.2, 0.25) is 12.6 Å². The molecule has 0 radical (unpaired) electrons. The second-order valence-corrected chi connectivity index (χ2v) is 23.7. The van der Waals surface area contributed by atoms with Gasteiger partial charge in [-0.3, -0.25) is 4.90 Å². The molecule has 0 saturated carbocycles. The second kappa shape index (κ2) is 27.8. The molecule has 0 aliphatic carbocycles. The number of nitrogens with zero attached hydrogens (tertiary/aromatic N) is 10. The van der Waals surface area contributed by atoms with Gasteiger partial charge in [0.1, 0.15) is 65.5 Å². The topological polar surface area (TPSA) is 252 Å². The molecule has 1 unspecified atom stereocenters. The Hall–Kier alpha value is -8.65. The minimum atomic E-state index is -1.28. The first kappa shape index (κ1) is 64.4. The van der Waals surface area contributed by atoms with E-state index >= 15 is 4.39 Å². The van der Waals surface area contributed by atoms with Crippen molar-refractivity contribution in [2.45, 2.75) is 136 Å². The molecule has 5 heterocycles. The Morgan fingerprint density at radius 1 is 0.885 bits per heavy atom. The highest BCUT2D eigenvalue weighted by Gasteiger charge is 2.47. The van der Waals surface area contributed by atoms with Crippen LogP contribution in [0, 0.1) is 17.6 Å². The van der Waals surface area contributed by atoms with Crippen LogP contribution in [-0.4, -0.2) is 135 Å². The molecule has 87 heavy (non-hydrogen) atoms. The van der Waals surface area contributed by atoms with Crippen LogP contribution in [0.25, 0.3) is 5.69 Å². The molecule has 3 N–H and O–H groups in total. The van der Waals surface area contributed by atoms with Gasteiger partial charge < -0.3 is 54.0 Å². The number of aliphatic hydroxyl groups is 1. The molecule has 3 aromatic heterocycles. The van der Waals surface area contributed by atoms with Crippen molar-refractivity contribution >= 4 is 41.4 Å². The molecular formula is C61H79F2N12O12+. The van der Waals surface area contributed by atoms with Crippen molar-refractivity contribution in [3.05, 3.63) is 137 Å². The maximum atomic E-state index is 15.8. The molecule has 6 atom stereocenters. The molecular weight excluding hydrogens is 1130 g/mol. The molecule has 3 amide bonds. The molecule has 0 spiro atoms. The molecule has 6 aromatic rings. The Kier molecular flexibility index (Phi) is 20.6. The third-order valence-electron chi connectivity index (χ3n) is 14.7. The van der Waals surface area contributed by atoms with E-state index in [1.807, 2.05) is 55.5 Å². The average Bonchev–Trinajstić information content (AvgIpc) is 1.79. The zero-order chi connectivity index (χ0) is 62.8. The average molecular weight is 1210 g/mol. The van der Waals surface area contributed by atoms with Crippen LogP contribution in [0.1, 0.15) is 105 Å². The number of rotatable bonds is 22. The van der Waals surface area contributed by atoms with Crippen LogP contribution in [0.3, 0.4) is 0 Å². The third kappa shape index (κ3) is 16.9. The summed E-state index contributed by atoms with van der Waals surface area (Å²) >= 11 is 0. The van der Waals surface area contributed by atoms with Crippen LogP contribution in [0.15, 0.2) is 109 Å². The fraction of sp³-hybridized carbons (Fsp3) is 0.492. The number of amides is 3. The monoisotopic (exact) mass is 1210 g/mol. The highest BCUT2D eigenvalue weighted by atomic mass is 19.1. The summed E-state index contributed by atoms with van der Waals surface area (Å²) < 4.78 is 70.8. The van der Waals surface area contributed by atoms with Crippen molar-refractivity contribution in [2.75, 3.05) is 67.7 Å². The summed E-state index contributed by atoms with van der Waals surface area (Å²) in [6, 6.07) is 20.6. The van der Waals surface area contributed by atoms with Gasteiger partial charge in [-0.15, -0.1) is 4.68 Å². The SMILES string of the molecule is CC[C@@H]([C@H](C)O)n1ncn(-c2ccc(N3CCN(c4ccc(OC[C@@H]5CO[C@@](Cn6c[n+](C(C)OC(=O)N(C)c7ncccc7COC(=O)[C@H](CCNC(=O)OC(C)(C)C)NC(=O)OC(C)(C)C)cn6)(c6ccc(F)cc6F)C5)cc4)CC3)cc2)c1=O. The van der Waals surface area contributed by atoms with Crippen molar-refractivity contribution in [1.82, 2.24) is 39.7 Å². The van der Waals surface area contributed by atoms with Gasteiger partial charge in [0.15, 0.2) is 0 Å². The number of pyridine rings is 1. The van der Waals surface area contributed by atoms with Gasteiger partial charge in [-0.05, 0) is 128 Å². The van der Waals surface area contributed by atoms with E-state index in [2.05, 4.69) is 35.6 Å². The van der Waals surface area contributed by atoms with Crippen molar-refractivity contribution in [3.8, 4) is 11.4 Å². The van der Waals surface area contributed by atoms with E-state index in [1.165, 1.54) is 56.5 Å². The Labute approximate surface area is 503 Å². The molecule has 8 rings (SSSR count). The number of aliphatic hydroxyl groups excluding tert-OH is 1. The molecule has 3 aromatic carbocycles. The minimum absolute atomic E-state index is 0.0101. The van der Waals surface area contributed by atoms with E-state index in [9.17, 15) is 33.5 Å². The lowest BCUT2D eigenvalue weighted by atomic mass is 9.87. The van der Waals surface area contributed by atoms with Crippen LogP contribution < -0.4 is 40.3 Å². The number of piperazine rings is 1. The number of halogens is 2. The molecule has 2 saturated heterocycles. The lowest BCUT2D eigenvalue weighted by molar-refractivity contribution is -0.753. The Balaban J connectivity index is 0.840. The van der Waals surface area contributed by atoms with Crippen LogP contribution in [0.5, 0.6) is 5.75 Å². The summed E-state index contributed by atoms with van der Waals surface area (Å²) in [5, 5.41) is 24.0. The molecule has 2 aliphatic rings. The number of aromatic nitrogens is 7. The van der Waals surface area contributed by atoms with Crippen LogP contribution >= 0.6 is 0 Å². The first-order chi connectivity index (χ1) is 41.3. The van der Waals surface area contributed by atoms with Crippen molar-refractivity contribution in [1.29, 1.82) is 0 Å².